The van der Waals surface area contributed by atoms with Crippen LogP contribution in [0.25, 0.3) is 0 Å². The summed E-state index contributed by atoms with van der Waals surface area (Å²) in [5, 5.41) is 30.0. The highest BCUT2D eigenvalue weighted by Gasteiger charge is 2.56. The molecule has 0 radical (unpaired) electrons. The predicted octanol–water partition coefficient (Wildman–Crippen LogP) is 3.37. The van der Waals surface area contributed by atoms with E-state index in [0.717, 1.165) is 29.5 Å². The highest BCUT2D eigenvalue weighted by atomic mass is 16.4. The van der Waals surface area contributed by atoms with E-state index in [1.165, 1.54) is 0 Å². The smallest absolute Gasteiger partial charge is 0.309 e. The third-order valence-corrected chi connectivity index (χ3v) is 6.77. The van der Waals surface area contributed by atoms with Crippen LogP contribution in [-0.4, -0.2) is 27.9 Å². The highest BCUT2D eigenvalue weighted by molar-refractivity contribution is 5.75. The second kappa shape index (κ2) is 5.85. The van der Waals surface area contributed by atoms with Crippen LogP contribution in [0.2, 0.25) is 0 Å². The van der Waals surface area contributed by atoms with Crippen molar-refractivity contribution in [3.8, 4) is 0 Å². The Bertz CT molecular complexity index is 655. The van der Waals surface area contributed by atoms with Gasteiger partial charge in [0, 0.05) is 12.5 Å². The molecule has 1 unspecified atom stereocenters. The quantitative estimate of drug-likeness (QED) is 0.793. The summed E-state index contributed by atoms with van der Waals surface area (Å²) in [4.78, 5) is 12.0. The summed E-state index contributed by atoms with van der Waals surface area (Å²) < 4.78 is 0. The Kier molecular flexibility index (Phi) is 4.25. The van der Waals surface area contributed by atoms with Crippen molar-refractivity contribution >= 4 is 5.97 Å². The van der Waals surface area contributed by atoms with Crippen molar-refractivity contribution in [2.75, 3.05) is 6.61 Å². The molecule has 1 aromatic carbocycles. The van der Waals surface area contributed by atoms with Crippen molar-refractivity contribution in [3.63, 3.8) is 0 Å². The topological polar surface area (TPSA) is 77.8 Å². The number of hydrogen-bond acceptors (Lipinski definition) is 3. The third kappa shape index (κ3) is 2.39. The van der Waals surface area contributed by atoms with Crippen LogP contribution in [0, 0.1) is 11.3 Å². The zero-order valence-corrected chi connectivity index (χ0v) is 14.7. The Balaban J connectivity index is 2.11. The molecule has 0 aromatic heterocycles. The average molecular weight is 332 g/mol. The fourth-order valence-corrected chi connectivity index (χ4v) is 5.11. The monoisotopic (exact) mass is 332 g/mol. The maximum atomic E-state index is 12.0. The van der Waals surface area contributed by atoms with Gasteiger partial charge >= 0.3 is 5.97 Å². The SMILES string of the molecule is CC(CO)c1ccc2c(c1)[C@@H](O)C[C@H]1[C@](C)(C(=O)O)CCC[C@]21C. The average Bonchev–Trinajstić information content (AvgIpc) is 2.56. The Hall–Kier alpha value is -1.39. The second-order valence-electron chi connectivity index (χ2n) is 8.23. The second-order valence-corrected chi connectivity index (χ2v) is 8.23. The first-order valence-electron chi connectivity index (χ1n) is 8.90. The molecule has 1 aromatic rings. The molecule has 1 fully saturated rings. The van der Waals surface area contributed by atoms with Gasteiger partial charge in [0.05, 0.1) is 11.5 Å². The minimum absolute atomic E-state index is 0.0312. The number of benzene rings is 1. The lowest BCUT2D eigenvalue weighted by molar-refractivity contribution is -0.159. The number of carboxylic acids is 1. The number of aliphatic carboxylic acids is 1. The molecule has 1 saturated carbocycles. The Morgan fingerprint density at radius 2 is 2.04 bits per heavy atom. The number of carboxylic acid groups (broad SMARTS) is 1. The molecule has 0 amide bonds. The van der Waals surface area contributed by atoms with E-state index < -0.39 is 17.5 Å². The lowest BCUT2D eigenvalue weighted by atomic mass is 9.49. The Morgan fingerprint density at radius 1 is 1.33 bits per heavy atom. The molecule has 4 nitrogen and oxygen atoms in total. The van der Waals surface area contributed by atoms with Crippen molar-refractivity contribution in [1.29, 1.82) is 0 Å². The summed E-state index contributed by atoms with van der Waals surface area (Å²) in [6, 6.07) is 6.08. The molecule has 0 saturated heterocycles. The summed E-state index contributed by atoms with van der Waals surface area (Å²) in [5.41, 5.74) is 2.02. The fraction of sp³-hybridized carbons (Fsp3) is 0.650. The number of rotatable bonds is 3. The minimum atomic E-state index is -0.789. The molecule has 0 aliphatic heterocycles. The summed E-state index contributed by atoms with van der Waals surface area (Å²) in [5.74, 6) is -0.789. The van der Waals surface area contributed by atoms with E-state index in [-0.39, 0.29) is 23.9 Å². The van der Waals surface area contributed by atoms with Gasteiger partial charge in [-0.05, 0) is 54.2 Å². The summed E-state index contributed by atoms with van der Waals surface area (Å²) in [6.45, 7) is 6.05. The first kappa shape index (κ1) is 17.4. The van der Waals surface area contributed by atoms with E-state index in [4.69, 9.17) is 0 Å². The van der Waals surface area contributed by atoms with Gasteiger partial charge in [-0.25, -0.2) is 0 Å². The van der Waals surface area contributed by atoms with Gasteiger partial charge in [-0.2, -0.15) is 0 Å². The molecule has 3 rings (SSSR count). The maximum absolute atomic E-state index is 12.0. The van der Waals surface area contributed by atoms with E-state index in [9.17, 15) is 20.1 Å². The van der Waals surface area contributed by atoms with Gasteiger partial charge < -0.3 is 15.3 Å². The molecule has 24 heavy (non-hydrogen) atoms. The molecule has 0 bridgehead atoms. The van der Waals surface area contributed by atoms with Crippen LogP contribution in [0.1, 0.15) is 75.2 Å². The van der Waals surface area contributed by atoms with Gasteiger partial charge in [0.25, 0.3) is 0 Å². The maximum Gasteiger partial charge on any atom is 0.309 e. The van der Waals surface area contributed by atoms with E-state index >= 15 is 0 Å². The van der Waals surface area contributed by atoms with Crippen LogP contribution in [0.15, 0.2) is 18.2 Å². The molecular weight excluding hydrogens is 304 g/mol. The number of aliphatic hydroxyl groups is 2. The molecule has 132 valence electrons. The van der Waals surface area contributed by atoms with Crippen LogP contribution >= 0.6 is 0 Å². The fourth-order valence-electron chi connectivity index (χ4n) is 5.11. The van der Waals surface area contributed by atoms with Crippen molar-refractivity contribution in [3.05, 3.63) is 34.9 Å². The molecule has 0 heterocycles. The van der Waals surface area contributed by atoms with Crippen LogP contribution in [-0.2, 0) is 10.2 Å². The van der Waals surface area contributed by atoms with Gasteiger partial charge in [-0.15, -0.1) is 0 Å². The van der Waals surface area contributed by atoms with Gasteiger partial charge in [-0.1, -0.05) is 38.5 Å². The molecular formula is C20H28O4. The van der Waals surface area contributed by atoms with Crippen LogP contribution in [0.5, 0.6) is 0 Å². The summed E-state index contributed by atoms with van der Waals surface area (Å²) >= 11 is 0. The zero-order valence-electron chi connectivity index (χ0n) is 14.7. The van der Waals surface area contributed by atoms with Crippen LogP contribution < -0.4 is 0 Å². The highest BCUT2D eigenvalue weighted by Crippen LogP contribution is 2.59. The molecule has 4 heteroatoms. The van der Waals surface area contributed by atoms with Crippen molar-refractivity contribution < 1.29 is 20.1 Å². The molecule has 5 atom stereocenters. The largest absolute Gasteiger partial charge is 0.481 e. The predicted molar refractivity (Wildman–Crippen MR) is 92.0 cm³/mol. The first-order chi connectivity index (χ1) is 11.2. The van der Waals surface area contributed by atoms with Gasteiger partial charge in [0.15, 0.2) is 0 Å². The molecule has 3 N–H and O–H groups in total. The Morgan fingerprint density at radius 3 is 2.67 bits per heavy atom. The third-order valence-electron chi connectivity index (χ3n) is 6.77. The number of carbonyl (C=O) groups is 1. The molecule has 2 aliphatic rings. The first-order valence-corrected chi connectivity index (χ1v) is 8.90. The van der Waals surface area contributed by atoms with Crippen LogP contribution in [0.4, 0.5) is 0 Å². The lowest BCUT2D eigenvalue weighted by Crippen LogP contribution is -2.53. The summed E-state index contributed by atoms with van der Waals surface area (Å²) in [7, 11) is 0. The summed E-state index contributed by atoms with van der Waals surface area (Å²) in [6.07, 6.45) is 2.36. The minimum Gasteiger partial charge on any atom is -0.481 e. The zero-order chi connectivity index (χ0) is 17.7. The van der Waals surface area contributed by atoms with E-state index in [1.807, 2.05) is 26.0 Å². The van der Waals surface area contributed by atoms with Crippen molar-refractivity contribution in [2.24, 2.45) is 11.3 Å². The number of fused-ring (bicyclic) bond motifs is 3. The van der Waals surface area contributed by atoms with E-state index in [0.29, 0.717) is 12.8 Å². The number of aliphatic hydroxyl groups excluding tert-OH is 2. The standard InChI is InChI=1S/C20H28O4/c1-12(11-21)13-5-6-15-14(9-13)16(22)10-17-19(15,2)7-4-8-20(17,3)18(23)24/h5-6,9,12,16-17,21-22H,4,7-8,10-11H2,1-3H3,(H,23,24)/t12?,16-,17+,19+,20+/m0/s1. The van der Waals surface area contributed by atoms with Crippen molar-refractivity contribution in [2.45, 2.75) is 63.9 Å². The van der Waals surface area contributed by atoms with Crippen LogP contribution in [0.3, 0.4) is 0 Å². The normalized spacial score (nSPS) is 36.5. The van der Waals surface area contributed by atoms with Gasteiger partial charge in [-0.3, -0.25) is 4.79 Å². The van der Waals surface area contributed by atoms with Gasteiger partial charge in [0.2, 0.25) is 0 Å². The van der Waals surface area contributed by atoms with E-state index in [2.05, 4.69) is 13.0 Å². The Labute approximate surface area is 143 Å². The molecule has 0 spiro atoms. The van der Waals surface area contributed by atoms with Crippen molar-refractivity contribution in [1.82, 2.24) is 0 Å². The molecule has 2 aliphatic carbocycles. The van der Waals surface area contributed by atoms with Gasteiger partial charge in [0.1, 0.15) is 0 Å². The lowest BCUT2D eigenvalue weighted by Gasteiger charge is -2.54. The number of hydrogen-bond donors (Lipinski definition) is 3. The van der Waals surface area contributed by atoms with E-state index in [1.54, 1.807) is 0 Å².